The number of carbonyl (C=O) groups excluding carboxylic acids is 1. The highest BCUT2D eigenvalue weighted by Gasteiger charge is 2.19. The second-order valence-corrected chi connectivity index (χ2v) is 3.86. The number of nitrogens with zero attached hydrogens (tertiary/aromatic N) is 1. The highest BCUT2D eigenvalue weighted by atomic mass is 35.5. The summed E-state index contributed by atoms with van der Waals surface area (Å²) in [6.07, 6.45) is 0. The molecule has 7 nitrogen and oxygen atoms in total. The van der Waals surface area contributed by atoms with Crippen molar-refractivity contribution in [3.8, 4) is 0 Å². The Morgan fingerprint density at radius 3 is 2.61 bits per heavy atom. The minimum atomic E-state index is -1.22. The Morgan fingerprint density at radius 1 is 1.50 bits per heavy atom. The van der Waals surface area contributed by atoms with Gasteiger partial charge in [0.1, 0.15) is 6.04 Å². The van der Waals surface area contributed by atoms with E-state index in [9.17, 15) is 19.7 Å². The third kappa shape index (κ3) is 3.17. The zero-order chi connectivity index (χ0) is 13.9. The molecule has 96 valence electrons. The van der Waals surface area contributed by atoms with Crippen molar-refractivity contribution < 1.29 is 19.6 Å². The van der Waals surface area contributed by atoms with Crippen LogP contribution >= 0.6 is 11.6 Å². The number of non-ortho nitro benzene ring substituents is 1. The van der Waals surface area contributed by atoms with Crippen molar-refractivity contribution in [1.82, 2.24) is 5.32 Å². The fourth-order valence-electron chi connectivity index (χ4n) is 1.14. The van der Waals surface area contributed by atoms with Crippen molar-refractivity contribution >= 4 is 29.2 Å². The average molecular weight is 273 g/mol. The topological polar surface area (TPSA) is 110 Å². The molecule has 0 aromatic heterocycles. The van der Waals surface area contributed by atoms with Gasteiger partial charge in [-0.05, 0) is 13.0 Å². The molecule has 1 rings (SSSR count). The lowest BCUT2D eigenvalue weighted by atomic mass is 10.1. The van der Waals surface area contributed by atoms with Gasteiger partial charge in [0.15, 0.2) is 0 Å². The van der Waals surface area contributed by atoms with Crippen LogP contribution < -0.4 is 5.32 Å². The lowest BCUT2D eigenvalue weighted by Crippen LogP contribution is -2.38. The lowest BCUT2D eigenvalue weighted by molar-refractivity contribution is -0.384. The van der Waals surface area contributed by atoms with E-state index in [2.05, 4.69) is 5.32 Å². The van der Waals surface area contributed by atoms with Crippen LogP contribution in [-0.4, -0.2) is 27.9 Å². The number of amides is 1. The highest BCUT2D eigenvalue weighted by Crippen LogP contribution is 2.21. The van der Waals surface area contributed by atoms with E-state index in [1.54, 1.807) is 0 Å². The van der Waals surface area contributed by atoms with E-state index in [1.807, 2.05) is 0 Å². The van der Waals surface area contributed by atoms with Crippen molar-refractivity contribution in [2.75, 3.05) is 0 Å². The summed E-state index contributed by atoms with van der Waals surface area (Å²) in [5.74, 6) is -2.00. The number of hydrogen-bond donors (Lipinski definition) is 2. The first-order valence-corrected chi connectivity index (χ1v) is 5.18. The standard InChI is InChI=1S/C10H9ClN2O5/c1-5(10(15)16)12-9(14)7-4-6(13(17)18)2-3-8(7)11/h2-5H,1H3,(H,12,14)(H,15,16)/t5-/m0/s1. The molecule has 1 amide bonds. The number of benzene rings is 1. The molecule has 18 heavy (non-hydrogen) atoms. The summed E-state index contributed by atoms with van der Waals surface area (Å²) in [7, 11) is 0. The average Bonchev–Trinajstić information content (AvgIpc) is 2.28. The van der Waals surface area contributed by atoms with E-state index >= 15 is 0 Å². The van der Waals surface area contributed by atoms with Crippen LogP contribution in [-0.2, 0) is 4.79 Å². The van der Waals surface area contributed by atoms with E-state index in [0.29, 0.717) is 0 Å². The third-order valence-electron chi connectivity index (χ3n) is 2.12. The molecule has 0 heterocycles. The summed E-state index contributed by atoms with van der Waals surface area (Å²) in [5, 5.41) is 21.4. The second-order valence-electron chi connectivity index (χ2n) is 3.45. The molecule has 2 N–H and O–H groups in total. The van der Waals surface area contributed by atoms with E-state index < -0.39 is 22.8 Å². The Labute approximate surface area is 107 Å². The summed E-state index contributed by atoms with van der Waals surface area (Å²) >= 11 is 5.73. The molecule has 0 saturated carbocycles. The molecular weight excluding hydrogens is 264 g/mol. The number of halogens is 1. The largest absolute Gasteiger partial charge is 0.480 e. The Hall–Kier alpha value is -2.15. The molecular formula is C10H9ClN2O5. The zero-order valence-electron chi connectivity index (χ0n) is 9.21. The van der Waals surface area contributed by atoms with Crippen LogP contribution in [0.25, 0.3) is 0 Å². The number of nitrogens with one attached hydrogen (secondary N) is 1. The van der Waals surface area contributed by atoms with Gasteiger partial charge in [0.2, 0.25) is 0 Å². The number of rotatable bonds is 4. The summed E-state index contributed by atoms with van der Waals surface area (Å²) < 4.78 is 0. The first kappa shape index (κ1) is 13.9. The highest BCUT2D eigenvalue weighted by molar-refractivity contribution is 6.34. The van der Waals surface area contributed by atoms with Gasteiger partial charge in [-0.25, -0.2) is 0 Å². The minimum absolute atomic E-state index is 0.00990. The summed E-state index contributed by atoms with van der Waals surface area (Å²) in [5.41, 5.74) is -0.438. The molecule has 0 spiro atoms. The van der Waals surface area contributed by atoms with Crippen LogP contribution in [0.3, 0.4) is 0 Å². The molecule has 1 aromatic carbocycles. The van der Waals surface area contributed by atoms with Gasteiger partial charge in [-0.3, -0.25) is 19.7 Å². The Bertz CT molecular complexity index is 517. The molecule has 0 aliphatic rings. The first-order valence-electron chi connectivity index (χ1n) is 4.80. The molecule has 0 fully saturated rings. The molecule has 0 aliphatic carbocycles. The van der Waals surface area contributed by atoms with Gasteiger partial charge in [-0.2, -0.15) is 0 Å². The van der Waals surface area contributed by atoms with E-state index in [-0.39, 0.29) is 16.3 Å². The number of nitro groups is 1. The van der Waals surface area contributed by atoms with Crippen LogP contribution in [0.15, 0.2) is 18.2 Å². The van der Waals surface area contributed by atoms with Crippen LogP contribution in [0, 0.1) is 10.1 Å². The lowest BCUT2D eigenvalue weighted by Gasteiger charge is -2.09. The zero-order valence-corrected chi connectivity index (χ0v) is 9.97. The van der Waals surface area contributed by atoms with Crippen LogP contribution in [0.2, 0.25) is 5.02 Å². The van der Waals surface area contributed by atoms with Crippen molar-refractivity contribution in [3.05, 3.63) is 38.9 Å². The number of carboxylic acid groups (broad SMARTS) is 1. The van der Waals surface area contributed by atoms with Gasteiger partial charge in [-0.15, -0.1) is 0 Å². The Kier molecular flexibility index (Phi) is 4.22. The summed E-state index contributed by atoms with van der Waals surface area (Å²) in [4.78, 5) is 32.1. The number of carboxylic acids is 1. The summed E-state index contributed by atoms with van der Waals surface area (Å²) in [6, 6.07) is 2.24. The van der Waals surface area contributed by atoms with Gasteiger partial charge in [-0.1, -0.05) is 11.6 Å². The van der Waals surface area contributed by atoms with Gasteiger partial charge in [0.05, 0.1) is 15.5 Å². The molecule has 1 aromatic rings. The number of hydrogen-bond acceptors (Lipinski definition) is 4. The van der Waals surface area contributed by atoms with Gasteiger partial charge < -0.3 is 10.4 Å². The smallest absolute Gasteiger partial charge is 0.325 e. The SMILES string of the molecule is C[C@H](NC(=O)c1cc([N+](=O)[O-])ccc1Cl)C(=O)O. The second kappa shape index (κ2) is 5.46. The molecule has 0 saturated heterocycles. The van der Waals surface area contributed by atoms with Crippen LogP contribution in [0.1, 0.15) is 17.3 Å². The van der Waals surface area contributed by atoms with Crippen molar-refractivity contribution in [3.63, 3.8) is 0 Å². The maximum atomic E-state index is 11.7. The fraction of sp³-hybridized carbons (Fsp3) is 0.200. The normalized spacial score (nSPS) is 11.7. The Morgan fingerprint density at radius 2 is 2.11 bits per heavy atom. The fourth-order valence-corrected chi connectivity index (χ4v) is 1.34. The molecule has 0 aliphatic heterocycles. The van der Waals surface area contributed by atoms with Crippen LogP contribution in [0.5, 0.6) is 0 Å². The molecule has 0 radical (unpaired) electrons. The number of nitro benzene ring substituents is 1. The maximum Gasteiger partial charge on any atom is 0.325 e. The number of carbonyl (C=O) groups is 2. The molecule has 0 bridgehead atoms. The van der Waals surface area contributed by atoms with E-state index in [1.165, 1.54) is 13.0 Å². The van der Waals surface area contributed by atoms with Crippen molar-refractivity contribution in [1.29, 1.82) is 0 Å². The first-order chi connectivity index (χ1) is 8.32. The maximum absolute atomic E-state index is 11.7. The van der Waals surface area contributed by atoms with Crippen molar-refractivity contribution in [2.24, 2.45) is 0 Å². The summed E-state index contributed by atoms with van der Waals surface area (Å²) in [6.45, 7) is 1.27. The van der Waals surface area contributed by atoms with E-state index in [4.69, 9.17) is 16.7 Å². The van der Waals surface area contributed by atoms with Gasteiger partial charge in [0.25, 0.3) is 11.6 Å². The van der Waals surface area contributed by atoms with E-state index in [0.717, 1.165) is 12.1 Å². The number of aliphatic carboxylic acids is 1. The Balaban J connectivity index is 3.01. The predicted molar refractivity (Wildman–Crippen MR) is 62.7 cm³/mol. The van der Waals surface area contributed by atoms with Gasteiger partial charge >= 0.3 is 5.97 Å². The third-order valence-corrected chi connectivity index (χ3v) is 2.45. The molecule has 1 atom stereocenters. The monoisotopic (exact) mass is 272 g/mol. The quantitative estimate of drug-likeness (QED) is 0.637. The van der Waals surface area contributed by atoms with Gasteiger partial charge in [0, 0.05) is 12.1 Å². The molecule has 0 unspecified atom stereocenters. The van der Waals surface area contributed by atoms with Crippen molar-refractivity contribution in [2.45, 2.75) is 13.0 Å². The predicted octanol–water partition coefficient (Wildman–Crippen LogP) is 1.45. The van der Waals surface area contributed by atoms with Crippen LogP contribution in [0.4, 0.5) is 5.69 Å². The molecule has 8 heteroatoms. The minimum Gasteiger partial charge on any atom is -0.480 e.